The van der Waals surface area contributed by atoms with E-state index in [2.05, 4.69) is 4.98 Å². The summed E-state index contributed by atoms with van der Waals surface area (Å²) in [7, 11) is 0. The van der Waals surface area contributed by atoms with Crippen molar-refractivity contribution in [1.82, 2.24) is 4.98 Å². The van der Waals surface area contributed by atoms with Crippen molar-refractivity contribution >= 4 is 56.5 Å². The number of nitrogens with zero attached hydrogens (tertiary/aromatic N) is 2. The average molecular weight is 457 g/mol. The maximum absolute atomic E-state index is 13.5. The van der Waals surface area contributed by atoms with Gasteiger partial charge >= 0.3 is 0 Å². The number of carbonyl (C=O) groups excluding carboxylic acids is 1. The summed E-state index contributed by atoms with van der Waals surface area (Å²) in [4.78, 5) is 34.0. The molecular weight excluding hydrogens is 443 g/mol. The Labute approximate surface area is 185 Å². The first-order chi connectivity index (χ1) is 14.3. The topological polar surface area (TPSA) is 63.4 Å². The van der Waals surface area contributed by atoms with E-state index in [1.807, 2.05) is 13.8 Å². The highest BCUT2D eigenvalue weighted by Gasteiger charge is 2.45. The lowest BCUT2D eigenvalue weighted by molar-refractivity contribution is 0.0971. The Kier molecular flexibility index (Phi) is 4.47. The number of hydrogen-bond acceptors (Lipinski definition) is 5. The SMILES string of the molecule is Cc1nc(N2C(=O)c3oc4ccc(Cl)cc4c(=O)c3C2c2ccc(Cl)cc2)sc1C. The monoisotopic (exact) mass is 456 g/mol. The average Bonchev–Trinajstić information content (AvgIpc) is 3.20. The second-order valence-electron chi connectivity index (χ2n) is 7.08. The molecule has 0 N–H and O–H groups in total. The number of anilines is 1. The van der Waals surface area contributed by atoms with Gasteiger partial charge in [-0.2, -0.15) is 0 Å². The lowest BCUT2D eigenvalue weighted by atomic mass is 9.99. The van der Waals surface area contributed by atoms with E-state index in [1.54, 1.807) is 42.5 Å². The summed E-state index contributed by atoms with van der Waals surface area (Å²) in [6, 6.07) is 11.2. The van der Waals surface area contributed by atoms with E-state index in [9.17, 15) is 9.59 Å². The van der Waals surface area contributed by atoms with E-state index in [0.29, 0.717) is 26.1 Å². The van der Waals surface area contributed by atoms with Gasteiger partial charge in [-0.25, -0.2) is 4.98 Å². The van der Waals surface area contributed by atoms with Crippen LogP contribution in [-0.2, 0) is 0 Å². The number of carbonyl (C=O) groups is 1. The molecule has 0 bridgehead atoms. The van der Waals surface area contributed by atoms with Crippen LogP contribution in [0.15, 0.2) is 51.7 Å². The minimum atomic E-state index is -0.672. The summed E-state index contributed by atoms with van der Waals surface area (Å²) < 4.78 is 5.92. The van der Waals surface area contributed by atoms with Crippen LogP contribution in [0, 0.1) is 13.8 Å². The summed E-state index contributed by atoms with van der Waals surface area (Å²) >= 11 is 13.6. The largest absolute Gasteiger partial charge is 0.450 e. The molecule has 5 nitrogen and oxygen atoms in total. The van der Waals surface area contributed by atoms with Gasteiger partial charge in [-0.1, -0.05) is 35.3 Å². The molecule has 2 aromatic heterocycles. The Morgan fingerprint density at radius 2 is 1.73 bits per heavy atom. The molecule has 5 rings (SSSR count). The van der Waals surface area contributed by atoms with Crippen LogP contribution in [0.4, 0.5) is 5.13 Å². The van der Waals surface area contributed by atoms with Crippen LogP contribution >= 0.6 is 34.5 Å². The fraction of sp³-hybridized carbons (Fsp3) is 0.136. The van der Waals surface area contributed by atoms with Gasteiger partial charge in [0.05, 0.1) is 22.7 Å². The van der Waals surface area contributed by atoms with Crippen molar-refractivity contribution < 1.29 is 9.21 Å². The third-order valence-electron chi connectivity index (χ3n) is 5.24. The van der Waals surface area contributed by atoms with E-state index >= 15 is 0 Å². The summed E-state index contributed by atoms with van der Waals surface area (Å²) in [6.07, 6.45) is 0. The summed E-state index contributed by atoms with van der Waals surface area (Å²) in [5.74, 6) is -0.368. The Balaban J connectivity index is 1.82. The van der Waals surface area contributed by atoms with Crippen LogP contribution in [-0.4, -0.2) is 10.9 Å². The predicted octanol–water partition coefficient (Wildman–Crippen LogP) is 5.92. The molecule has 1 aliphatic heterocycles. The van der Waals surface area contributed by atoms with E-state index in [-0.39, 0.29) is 16.8 Å². The first kappa shape index (κ1) is 19.3. The highest BCUT2D eigenvalue weighted by Crippen LogP contribution is 2.43. The van der Waals surface area contributed by atoms with E-state index in [1.165, 1.54) is 16.2 Å². The van der Waals surface area contributed by atoms with Crippen LogP contribution < -0.4 is 10.3 Å². The fourth-order valence-corrected chi connectivity index (χ4v) is 4.90. The second-order valence-corrected chi connectivity index (χ2v) is 9.14. The number of aromatic nitrogens is 1. The number of benzene rings is 2. The van der Waals surface area contributed by atoms with Crippen LogP contribution in [0.2, 0.25) is 10.0 Å². The molecule has 0 aliphatic carbocycles. The van der Waals surface area contributed by atoms with Crippen LogP contribution in [0.25, 0.3) is 11.0 Å². The van der Waals surface area contributed by atoms with Crippen molar-refractivity contribution in [1.29, 1.82) is 0 Å². The number of aryl methyl sites for hydroxylation is 2. The van der Waals surface area contributed by atoms with Crippen molar-refractivity contribution in [2.24, 2.45) is 0 Å². The van der Waals surface area contributed by atoms with Gasteiger partial charge < -0.3 is 4.42 Å². The van der Waals surface area contributed by atoms with E-state index < -0.39 is 11.9 Å². The lowest BCUT2D eigenvalue weighted by Gasteiger charge is -2.22. The molecule has 1 atom stereocenters. The lowest BCUT2D eigenvalue weighted by Crippen LogP contribution is -2.29. The van der Waals surface area contributed by atoms with E-state index in [4.69, 9.17) is 27.6 Å². The van der Waals surface area contributed by atoms with Crippen LogP contribution in [0.1, 0.15) is 38.3 Å². The zero-order valence-electron chi connectivity index (χ0n) is 15.9. The van der Waals surface area contributed by atoms with Gasteiger partial charge in [0, 0.05) is 14.9 Å². The maximum atomic E-state index is 13.5. The van der Waals surface area contributed by atoms with Gasteiger partial charge in [0.2, 0.25) is 5.76 Å². The zero-order chi connectivity index (χ0) is 21.2. The molecule has 0 spiro atoms. The molecule has 1 amide bonds. The molecule has 4 aromatic rings. The summed E-state index contributed by atoms with van der Waals surface area (Å²) in [6.45, 7) is 3.83. The molecule has 0 fully saturated rings. The Morgan fingerprint density at radius 3 is 2.40 bits per heavy atom. The molecule has 0 saturated carbocycles. The molecule has 1 aliphatic rings. The van der Waals surface area contributed by atoms with Crippen LogP contribution in [0.5, 0.6) is 0 Å². The predicted molar refractivity (Wildman–Crippen MR) is 119 cm³/mol. The minimum Gasteiger partial charge on any atom is -0.450 e. The van der Waals surface area contributed by atoms with E-state index in [0.717, 1.165) is 16.1 Å². The third kappa shape index (κ3) is 2.87. The number of fused-ring (bicyclic) bond motifs is 2. The van der Waals surface area contributed by atoms with Gasteiger partial charge in [-0.15, -0.1) is 11.3 Å². The quantitative estimate of drug-likeness (QED) is 0.375. The molecule has 8 heteroatoms. The second kappa shape index (κ2) is 6.94. The number of halogens is 2. The number of amides is 1. The summed E-state index contributed by atoms with van der Waals surface area (Å²) in [5.41, 5.74) is 1.90. The molecule has 2 aromatic carbocycles. The number of hydrogen-bond donors (Lipinski definition) is 0. The van der Waals surface area contributed by atoms with Gasteiger partial charge in [0.25, 0.3) is 5.91 Å². The van der Waals surface area contributed by atoms with Gasteiger partial charge in [-0.05, 0) is 49.7 Å². The first-order valence-electron chi connectivity index (χ1n) is 9.14. The molecule has 150 valence electrons. The molecule has 0 radical (unpaired) electrons. The molecule has 30 heavy (non-hydrogen) atoms. The first-order valence-corrected chi connectivity index (χ1v) is 10.7. The van der Waals surface area contributed by atoms with Gasteiger partial charge in [0.1, 0.15) is 5.58 Å². The van der Waals surface area contributed by atoms with Gasteiger partial charge in [0.15, 0.2) is 10.6 Å². The third-order valence-corrected chi connectivity index (χ3v) is 6.80. The standard InChI is InChI=1S/C22H14Cl2N2O3S/c1-10-11(2)30-22(25-10)26-18(12-3-5-13(23)6-4-12)17-19(27)15-9-14(24)7-8-16(15)29-20(17)21(26)28/h3-9,18H,1-2H3. The van der Waals surface area contributed by atoms with Crippen molar-refractivity contribution in [3.8, 4) is 0 Å². The van der Waals surface area contributed by atoms with Crippen LogP contribution in [0.3, 0.4) is 0 Å². The maximum Gasteiger partial charge on any atom is 0.297 e. The highest BCUT2D eigenvalue weighted by atomic mass is 35.5. The van der Waals surface area contributed by atoms with Crippen molar-refractivity contribution in [2.45, 2.75) is 19.9 Å². The Hall–Kier alpha value is -2.67. The smallest absolute Gasteiger partial charge is 0.297 e. The number of thiazole rings is 1. The van der Waals surface area contributed by atoms with Crippen molar-refractivity contribution in [3.05, 3.63) is 90.2 Å². The van der Waals surface area contributed by atoms with Crippen molar-refractivity contribution in [2.75, 3.05) is 4.90 Å². The molecule has 1 unspecified atom stereocenters. The normalized spacial score (nSPS) is 15.8. The molecule has 3 heterocycles. The highest BCUT2D eigenvalue weighted by molar-refractivity contribution is 7.15. The van der Waals surface area contributed by atoms with Gasteiger partial charge in [-0.3, -0.25) is 14.5 Å². The Bertz CT molecular complexity index is 1370. The fourth-order valence-electron chi connectivity index (χ4n) is 3.66. The molecular formula is C22H14Cl2N2O3S. The Morgan fingerprint density at radius 1 is 1.03 bits per heavy atom. The minimum absolute atomic E-state index is 0.0280. The molecule has 0 saturated heterocycles. The van der Waals surface area contributed by atoms with Crippen molar-refractivity contribution in [3.63, 3.8) is 0 Å². The zero-order valence-corrected chi connectivity index (χ0v) is 18.2. The summed E-state index contributed by atoms with van der Waals surface area (Å²) in [5, 5.41) is 1.84. The number of rotatable bonds is 2.